The van der Waals surface area contributed by atoms with Crippen molar-refractivity contribution < 1.29 is 4.79 Å². The molecule has 7 nitrogen and oxygen atoms in total. The Balaban J connectivity index is 1.38. The van der Waals surface area contributed by atoms with Gasteiger partial charge in [-0.3, -0.25) is 26.5 Å². The molecule has 0 aromatic heterocycles. The maximum absolute atomic E-state index is 12.4. The molecule has 3 rings (SSSR count). The van der Waals surface area contributed by atoms with E-state index in [2.05, 4.69) is 46.2 Å². The van der Waals surface area contributed by atoms with E-state index in [0.29, 0.717) is 39.7 Å². The van der Waals surface area contributed by atoms with Gasteiger partial charge in [0.2, 0.25) is 0 Å². The van der Waals surface area contributed by atoms with Gasteiger partial charge in [-0.05, 0) is 86.2 Å². The van der Waals surface area contributed by atoms with Gasteiger partial charge in [0.05, 0.1) is 5.69 Å². The summed E-state index contributed by atoms with van der Waals surface area (Å²) in [6.45, 7) is 4.51. The van der Waals surface area contributed by atoms with Gasteiger partial charge < -0.3 is 10.6 Å². The quantitative estimate of drug-likeness (QED) is 0.283. The van der Waals surface area contributed by atoms with Crippen molar-refractivity contribution in [1.82, 2.24) is 26.9 Å². The standard InChI is InChI=1S/C23H36N6OS2/c1-15-7-3-5-9-19(15)24-22(31)28-26-18-13-11-17(12-14-18)21(30)27-29-23(32)25-20-10-6-4-8-16(20)2/h11-16,19-20,26H,3-10H2,1-2H3,(H,27,30)(H2,24,28,31)(H2,25,29,32)/t15-,16-,19+,20-/m0/s1. The first-order chi connectivity index (χ1) is 15.4. The van der Waals surface area contributed by atoms with Crippen molar-refractivity contribution in [3.8, 4) is 0 Å². The van der Waals surface area contributed by atoms with Crippen LogP contribution in [0.15, 0.2) is 24.3 Å². The Labute approximate surface area is 202 Å². The fourth-order valence-electron chi connectivity index (χ4n) is 4.49. The van der Waals surface area contributed by atoms with Gasteiger partial charge in [-0.1, -0.05) is 39.5 Å². The van der Waals surface area contributed by atoms with E-state index in [9.17, 15) is 4.79 Å². The zero-order valence-electron chi connectivity index (χ0n) is 19.0. The van der Waals surface area contributed by atoms with Crippen molar-refractivity contribution in [1.29, 1.82) is 0 Å². The Morgan fingerprint density at radius 3 is 1.78 bits per heavy atom. The van der Waals surface area contributed by atoms with Crippen molar-refractivity contribution >= 4 is 46.3 Å². The summed E-state index contributed by atoms with van der Waals surface area (Å²) < 4.78 is 0. The van der Waals surface area contributed by atoms with Crippen LogP contribution in [0, 0.1) is 11.8 Å². The fraction of sp³-hybridized carbons (Fsp3) is 0.609. The summed E-state index contributed by atoms with van der Waals surface area (Å²) in [5.41, 5.74) is 12.9. The van der Waals surface area contributed by atoms with Crippen LogP contribution in [0.4, 0.5) is 5.69 Å². The molecular weight excluding hydrogens is 440 g/mol. The van der Waals surface area contributed by atoms with Gasteiger partial charge in [-0.25, -0.2) is 0 Å². The second kappa shape index (κ2) is 12.2. The number of anilines is 1. The summed E-state index contributed by atoms with van der Waals surface area (Å²) in [7, 11) is 0. The normalized spacial score (nSPS) is 25.2. The highest BCUT2D eigenvalue weighted by atomic mass is 32.1. The molecule has 2 aliphatic rings. The molecule has 9 heteroatoms. The number of carbonyl (C=O) groups excluding carboxylic acids is 1. The van der Waals surface area contributed by atoms with Crippen molar-refractivity contribution in [3.05, 3.63) is 29.8 Å². The molecule has 0 aliphatic heterocycles. The average molecular weight is 477 g/mol. The SMILES string of the molecule is C[C@H]1CCCC[C@@H]1NC(=S)NNC(=O)c1ccc(NNC(=S)N[C@@H]2CCCC[C@@H]2C)cc1. The Morgan fingerprint density at radius 1 is 0.750 bits per heavy atom. The molecule has 0 unspecified atom stereocenters. The molecule has 0 heterocycles. The molecule has 2 saturated carbocycles. The van der Waals surface area contributed by atoms with Crippen molar-refractivity contribution in [3.63, 3.8) is 0 Å². The second-order valence-corrected chi connectivity index (χ2v) is 9.91. The van der Waals surface area contributed by atoms with E-state index in [1.807, 2.05) is 12.1 Å². The van der Waals surface area contributed by atoms with Crippen LogP contribution in [-0.4, -0.2) is 28.2 Å². The van der Waals surface area contributed by atoms with Crippen LogP contribution in [0.25, 0.3) is 0 Å². The first-order valence-electron chi connectivity index (χ1n) is 11.7. The number of carbonyl (C=O) groups is 1. The first-order valence-corrected chi connectivity index (χ1v) is 12.5. The minimum absolute atomic E-state index is 0.242. The first kappa shape index (κ1) is 24.5. The summed E-state index contributed by atoms with van der Waals surface area (Å²) in [4.78, 5) is 12.4. The molecule has 1 aromatic rings. The molecule has 6 N–H and O–H groups in total. The summed E-state index contributed by atoms with van der Waals surface area (Å²) >= 11 is 10.7. The zero-order chi connectivity index (χ0) is 22.9. The minimum Gasteiger partial charge on any atom is -0.358 e. The Morgan fingerprint density at radius 2 is 1.25 bits per heavy atom. The van der Waals surface area contributed by atoms with Gasteiger partial charge in [0.15, 0.2) is 10.2 Å². The molecule has 1 aromatic carbocycles. The number of benzene rings is 1. The average Bonchev–Trinajstić information content (AvgIpc) is 2.79. The smallest absolute Gasteiger partial charge is 0.269 e. The van der Waals surface area contributed by atoms with Crippen LogP contribution in [0.3, 0.4) is 0 Å². The van der Waals surface area contributed by atoms with E-state index < -0.39 is 0 Å². The van der Waals surface area contributed by atoms with Crippen LogP contribution in [0.5, 0.6) is 0 Å². The van der Waals surface area contributed by atoms with E-state index >= 15 is 0 Å². The minimum atomic E-state index is -0.242. The highest BCUT2D eigenvalue weighted by molar-refractivity contribution is 7.80. The molecule has 0 radical (unpaired) electrons. The molecule has 32 heavy (non-hydrogen) atoms. The van der Waals surface area contributed by atoms with Gasteiger partial charge in [-0.15, -0.1) is 0 Å². The lowest BCUT2D eigenvalue weighted by molar-refractivity contribution is 0.0943. The van der Waals surface area contributed by atoms with E-state index in [1.165, 1.54) is 38.5 Å². The lowest BCUT2D eigenvalue weighted by atomic mass is 9.86. The lowest BCUT2D eigenvalue weighted by Crippen LogP contribution is -2.51. The van der Waals surface area contributed by atoms with E-state index in [4.69, 9.17) is 24.4 Å². The fourth-order valence-corrected chi connectivity index (χ4v) is 4.89. The summed E-state index contributed by atoms with van der Waals surface area (Å²) in [5, 5.41) is 7.75. The van der Waals surface area contributed by atoms with Crippen molar-refractivity contribution in [2.45, 2.75) is 77.3 Å². The third-order valence-electron chi connectivity index (χ3n) is 6.61. The van der Waals surface area contributed by atoms with Gasteiger partial charge in [0.25, 0.3) is 5.91 Å². The Bertz CT molecular complexity index is 787. The van der Waals surface area contributed by atoms with Gasteiger partial charge in [0.1, 0.15) is 0 Å². The highest BCUT2D eigenvalue weighted by Gasteiger charge is 2.22. The predicted octanol–water partition coefficient (Wildman–Crippen LogP) is 3.74. The Kier molecular flexibility index (Phi) is 9.35. The third-order valence-corrected chi connectivity index (χ3v) is 7.05. The largest absolute Gasteiger partial charge is 0.358 e. The Hall–Kier alpha value is -2.13. The topological polar surface area (TPSA) is 89.2 Å². The maximum Gasteiger partial charge on any atom is 0.269 e. The van der Waals surface area contributed by atoms with Gasteiger partial charge in [0, 0.05) is 17.6 Å². The van der Waals surface area contributed by atoms with E-state index in [-0.39, 0.29) is 5.91 Å². The predicted molar refractivity (Wildman–Crippen MR) is 138 cm³/mol. The molecule has 4 atom stereocenters. The second-order valence-electron chi connectivity index (χ2n) is 9.09. The van der Waals surface area contributed by atoms with Gasteiger partial charge in [-0.2, -0.15) is 0 Å². The molecule has 0 saturated heterocycles. The number of nitrogens with one attached hydrogen (secondary N) is 6. The number of hydrogen-bond acceptors (Lipinski definition) is 4. The van der Waals surface area contributed by atoms with Crippen LogP contribution in [-0.2, 0) is 0 Å². The van der Waals surface area contributed by atoms with E-state index in [1.54, 1.807) is 12.1 Å². The summed E-state index contributed by atoms with van der Waals surface area (Å²) in [6.07, 6.45) is 9.75. The summed E-state index contributed by atoms with van der Waals surface area (Å²) in [5.74, 6) is 0.972. The van der Waals surface area contributed by atoms with Crippen LogP contribution < -0.4 is 32.3 Å². The monoisotopic (exact) mass is 476 g/mol. The van der Waals surface area contributed by atoms with Crippen molar-refractivity contribution in [2.75, 3.05) is 5.43 Å². The van der Waals surface area contributed by atoms with Crippen LogP contribution >= 0.6 is 24.4 Å². The number of thiocarbonyl (C=S) groups is 2. The van der Waals surface area contributed by atoms with E-state index in [0.717, 1.165) is 18.5 Å². The number of hydrogen-bond donors (Lipinski definition) is 6. The number of rotatable bonds is 5. The molecular formula is C23H36N6OS2. The molecule has 2 fully saturated rings. The lowest BCUT2D eigenvalue weighted by Gasteiger charge is -2.30. The maximum atomic E-state index is 12.4. The molecule has 1 amide bonds. The highest BCUT2D eigenvalue weighted by Crippen LogP contribution is 2.24. The molecule has 176 valence electrons. The van der Waals surface area contributed by atoms with Crippen molar-refractivity contribution in [2.24, 2.45) is 11.8 Å². The van der Waals surface area contributed by atoms with Crippen LogP contribution in [0.2, 0.25) is 0 Å². The molecule has 0 bridgehead atoms. The molecule has 2 aliphatic carbocycles. The number of amides is 1. The zero-order valence-corrected chi connectivity index (χ0v) is 20.6. The third kappa shape index (κ3) is 7.48. The molecule has 0 spiro atoms. The van der Waals surface area contributed by atoms with Crippen LogP contribution in [0.1, 0.15) is 75.6 Å². The number of hydrazine groups is 2. The summed E-state index contributed by atoms with van der Waals surface area (Å²) in [6, 6.07) is 7.94. The van der Waals surface area contributed by atoms with Gasteiger partial charge >= 0.3 is 0 Å².